The van der Waals surface area contributed by atoms with Crippen molar-refractivity contribution in [1.29, 1.82) is 0 Å². The molecule has 19 heavy (non-hydrogen) atoms. The van der Waals surface area contributed by atoms with Gasteiger partial charge in [-0.3, -0.25) is 0 Å². The fraction of sp³-hybridized carbons (Fsp3) is 0.200. The van der Waals surface area contributed by atoms with Gasteiger partial charge >= 0.3 is 0 Å². The molecular weight excluding hydrogens is 311 g/mol. The van der Waals surface area contributed by atoms with Gasteiger partial charge < -0.3 is 9.84 Å². The van der Waals surface area contributed by atoms with E-state index in [1.165, 1.54) is 6.07 Å². The van der Waals surface area contributed by atoms with E-state index in [0.717, 1.165) is 10.0 Å². The summed E-state index contributed by atoms with van der Waals surface area (Å²) in [4.78, 5) is 0. The molecule has 0 saturated heterocycles. The second kappa shape index (κ2) is 6.17. The molecule has 2 rings (SSSR count). The molecule has 0 fully saturated rings. The summed E-state index contributed by atoms with van der Waals surface area (Å²) in [5.41, 5.74) is 1.25. The molecule has 0 aromatic heterocycles. The summed E-state index contributed by atoms with van der Waals surface area (Å²) in [6, 6.07) is 11.9. The van der Waals surface area contributed by atoms with Gasteiger partial charge in [-0.2, -0.15) is 0 Å². The zero-order valence-electron chi connectivity index (χ0n) is 10.4. The second-order valence-electron chi connectivity index (χ2n) is 4.27. The first kappa shape index (κ1) is 14.0. The molecule has 0 aliphatic rings. The van der Waals surface area contributed by atoms with Crippen LogP contribution in [-0.4, -0.2) is 5.11 Å². The van der Waals surface area contributed by atoms with Crippen LogP contribution in [-0.2, 0) is 6.61 Å². The Morgan fingerprint density at radius 1 is 1.26 bits per heavy atom. The molecule has 2 aromatic rings. The van der Waals surface area contributed by atoms with Crippen LogP contribution in [0, 0.1) is 5.82 Å². The highest BCUT2D eigenvalue weighted by Gasteiger charge is 2.06. The molecule has 1 atom stereocenters. The van der Waals surface area contributed by atoms with Gasteiger partial charge in [0.25, 0.3) is 0 Å². The minimum Gasteiger partial charge on any atom is -0.489 e. The summed E-state index contributed by atoms with van der Waals surface area (Å²) in [6.07, 6.45) is -0.550. The van der Waals surface area contributed by atoms with Crippen molar-refractivity contribution in [2.45, 2.75) is 19.6 Å². The maximum absolute atomic E-state index is 13.5. The van der Waals surface area contributed by atoms with Gasteiger partial charge in [-0.25, -0.2) is 4.39 Å². The lowest BCUT2D eigenvalue weighted by Crippen LogP contribution is -1.99. The Balaban J connectivity index is 2.10. The fourth-order valence-electron chi connectivity index (χ4n) is 1.68. The molecule has 0 heterocycles. The van der Waals surface area contributed by atoms with Crippen LogP contribution in [0.3, 0.4) is 0 Å². The molecule has 0 amide bonds. The first-order chi connectivity index (χ1) is 9.06. The molecule has 0 unspecified atom stereocenters. The van der Waals surface area contributed by atoms with Crippen LogP contribution in [0.2, 0.25) is 0 Å². The topological polar surface area (TPSA) is 29.5 Å². The number of halogens is 2. The largest absolute Gasteiger partial charge is 0.489 e. The van der Waals surface area contributed by atoms with Crippen LogP contribution in [0.15, 0.2) is 46.9 Å². The Labute approximate surface area is 120 Å². The van der Waals surface area contributed by atoms with E-state index in [0.29, 0.717) is 11.3 Å². The zero-order valence-corrected chi connectivity index (χ0v) is 12.0. The van der Waals surface area contributed by atoms with Crippen molar-refractivity contribution in [2.75, 3.05) is 0 Å². The van der Waals surface area contributed by atoms with Crippen molar-refractivity contribution in [1.82, 2.24) is 0 Å². The number of ether oxygens (including phenoxy) is 1. The second-order valence-corrected chi connectivity index (χ2v) is 5.19. The van der Waals surface area contributed by atoms with Crippen molar-refractivity contribution in [3.8, 4) is 5.75 Å². The van der Waals surface area contributed by atoms with Crippen LogP contribution in [0.25, 0.3) is 0 Å². The lowest BCUT2D eigenvalue weighted by Gasteiger charge is -2.10. The van der Waals surface area contributed by atoms with Crippen LogP contribution < -0.4 is 4.74 Å². The van der Waals surface area contributed by atoms with E-state index in [-0.39, 0.29) is 12.4 Å². The molecule has 0 aliphatic carbocycles. The van der Waals surface area contributed by atoms with E-state index in [1.807, 2.05) is 6.07 Å². The van der Waals surface area contributed by atoms with Gasteiger partial charge in [0.1, 0.15) is 18.2 Å². The summed E-state index contributed by atoms with van der Waals surface area (Å²) in [7, 11) is 0. The van der Waals surface area contributed by atoms with Gasteiger partial charge in [0.15, 0.2) is 0 Å². The Hall–Kier alpha value is -1.39. The first-order valence-corrected chi connectivity index (χ1v) is 6.70. The smallest absolute Gasteiger partial charge is 0.129 e. The molecular formula is C15H14BrFO2. The minimum atomic E-state index is -0.550. The Morgan fingerprint density at radius 2 is 2.05 bits per heavy atom. The zero-order chi connectivity index (χ0) is 13.8. The van der Waals surface area contributed by atoms with E-state index in [4.69, 9.17) is 4.74 Å². The molecule has 1 N–H and O–H groups in total. The predicted octanol–water partition coefficient (Wildman–Crippen LogP) is 4.22. The average Bonchev–Trinajstić information content (AvgIpc) is 2.40. The van der Waals surface area contributed by atoms with Crippen LogP contribution in [0.1, 0.15) is 24.2 Å². The van der Waals surface area contributed by atoms with E-state index in [2.05, 4.69) is 15.9 Å². The first-order valence-electron chi connectivity index (χ1n) is 5.91. The highest BCUT2D eigenvalue weighted by molar-refractivity contribution is 9.10. The van der Waals surface area contributed by atoms with E-state index in [9.17, 15) is 9.50 Å². The Bertz CT molecular complexity index is 570. The molecule has 100 valence electrons. The maximum Gasteiger partial charge on any atom is 0.129 e. The third-order valence-corrected chi connectivity index (χ3v) is 3.24. The summed E-state index contributed by atoms with van der Waals surface area (Å²) >= 11 is 3.30. The van der Waals surface area contributed by atoms with Crippen molar-refractivity contribution in [3.63, 3.8) is 0 Å². The summed E-state index contributed by atoms with van der Waals surface area (Å²) < 4.78 is 19.9. The molecule has 2 nitrogen and oxygen atoms in total. The predicted molar refractivity (Wildman–Crippen MR) is 75.5 cm³/mol. The SMILES string of the molecule is C[C@H](O)c1cccc(OCc2cc(Br)ccc2F)c1. The normalized spacial score (nSPS) is 12.2. The highest BCUT2D eigenvalue weighted by Crippen LogP contribution is 2.21. The summed E-state index contributed by atoms with van der Waals surface area (Å²) in [5.74, 6) is 0.313. The number of benzene rings is 2. The third-order valence-electron chi connectivity index (χ3n) is 2.74. The molecule has 4 heteroatoms. The maximum atomic E-state index is 13.5. The molecule has 0 saturated carbocycles. The number of hydrogen-bond donors (Lipinski definition) is 1. The third kappa shape index (κ3) is 3.78. The Morgan fingerprint density at radius 3 is 2.79 bits per heavy atom. The van der Waals surface area contributed by atoms with E-state index >= 15 is 0 Å². The van der Waals surface area contributed by atoms with Crippen molar-refractivity contribution < 1.29 is 14.2 Å². The van der Waals surface area contributed by atoms with Crippen molar-refractivity contribution in [3.05, 3.63) is 63.9 Å². The van der Waals surface area contributed by atoms with E-state index in [1.54, 1.807) is 37.3 Å². The minimum absolute atomic E-state index is 0.147. The van der Waals surface area contributed by atoms with Gasteiger partial charge in [0.05, 0.1) is 6.10 Å². The Kier molecular flexibility index (Phi) is 4.56. The monoisotopic (exact) mass is 324 g/mol. The lowest BCUT2D eigenvalue weighted by atomic mass is 10.1. The highest BCUT2D eigenvalue weighted by atomic mass is 79.9. The van der Waals surface area contributed by atoms with Crippen LogP contribution in [0.4, 0.5) is 4.39 Å². The number of hydrogen-bond acceptors (Lipinski definition) is 2. The van der Waals surface area contributed by atoms with Crippen LogP contribution in [0.5, 0.6) is 5.75 Å². The van der Waals surface area contributed by atoms with Gasteiger partial charge in [-0.05, 0) is 42.8 Å². The molecule has 0 aliphatic heterocycles. The molecule has 2 aromatic carbocycles. The van der Waals surface area contributed by atoms with Crippen molar-refractivity contribution >= 4 is 15.9 Å². The van der Waals surface area contributed by atoms with Gasteiger partial charge in [-0.15, -0.1) is 0 Å². The number of aliphatic hydroxyl groups is 1. The summed E-state index contributed by atoms with van der Waals surface area (Å²) in [6.45, 7) is 1.83. The molecule has 0 radical (unpaired) electrons. The standard InChI is InChI=1S/C15H14BrFO2/c1-10(18)11-3-2-4-14(8-11)19-9-12-7-13(16)5-6-15(12)17/h2-8,10,18H,9H2,1H3/t10-/m0/s1. The average molecular weight is 325 g/mol. The van der Waals surface area contributed by atoms with Crippen molar-refractivity contribution in [2.24, 2.45) is 0 Å². The molecule has 0 bridgehead atoms. The quantitative estimate of drug-likeness (QED) is 0.912. The van der Waals surface area contributed by atoms with Crippen LogP contribution >= 0.6 is 15.9 Å². The molecule has 0 spiro atoms. The van der Waals surface area contributed by atoms with E-state index < -0.39 is 6.10 Å². The fourth-order valence-corrected chi connectivity index (χ4v) is 2.09. The number of aliphatic hydroxyl groups excluding tert-OH is 1. The lowest BCUT2D eigenvalue weighted by molar-refractivity contribution is 0.198. The van der Waals surface area contributed by atoms with Gasteiger partial charge in [0, 0.05) is 10.0 Å². The van der Waals surface area contributed by atoms with Gasteiger partial charge in [0.2, 0.25) is 0 Å². The summed E-state index contributed by atoms with van der Waals surface area (Å²) in [5, 5.41) is 9.49. The number of rotatable bonds is 4. The van der Waals surface area contributed by atoms with Gasteiger partial charge in [-0.1, -0.05) is 28.1 Å².